The number of aromatic nitrogens is 2. The summed E-state index contributed by atoms with van der Waals surface area (Å²) in [6.45, 7) is 13.0. The lowest BCUT2D eigenvalue weighted by molar-refractivity contribution is 0.522. The average molecular weight is 342 g/mol. The smallest absolute Gasteiger partial charge is 0.0898 e. The van der Waals surface area contributed by atoms with E-state index in [-0.39, 0.29) is 6.04 Å². The summed E-state index contributed by atoms with van der Waals surface area (Å²) in [5.74, 6) is 0.636. The van der Waals surface area contributed by atoms with Gasteiger partial charge in [-0.2, -0.15) is 0 Å². The van der Waals surface area contributed by atoms with Crippen molar-refractivity contribution in [2.75, 3.05) is 0 Å². The van der Waals surface area contributed by atoms with Crippen molar-refractivity contribution >= 4 is 22.2 Å². The van der Waals surface area contributed by atoms with Crippen LogP contribution in [0.5, 0.6) is 0 Å². The molecule has 0 fully saturated rings. The largest absolute Gasteiger partial charge is 0.344 e. The van der Waals surface area contributed by atoms with E-state index in [0.717, 1.165) is 23.8 Å². The zero-order chi connectivity index (χ0) is 17.3. The Balaban J connectivity index is 1.87. The van der Waals surface area contributed by atoms with Crippen LogP contribution in [0.3, 0.4) is 0 Å². The number of thiazole rings is 1. The van der Waals surface area contributed by atoms with Gasteiger partial charge >= 0.3 is 0 Å². The molecular formula is C20H27N3S. The first-order valence-corrected chi connectivity index (χ1v) is 9.57. The molecule has 1 N–H and O–H groups in total. The minimum absolute atomic E-state index is 0.265. The number of rotatable bonds is 6. The van der Waals surface area contributed by atoms with E-state index in [1.165, 1.54) is 22.2 Å². The molecule has 3 rings (SSSR count). The minimum atomic E-state index is 0.265. The number of nitrogens with zero attached hydrogens (tertiary/aromatic N) is 2. The number of nitrogens with one attached hydrogen (secondary N) is 1. The molecular weight excluding hydrogens is 314 g/mol. The van der Waals surface area contributed by atoms with E-state index in [4.69, 9.17) is 0 Å². The van der Waals surface area contributed by atoms with Crippen LogP contribution in [0, 0.1) is 19.8 Å². The van der Waals surface area contributed by atoms with E-state index in [1.54, 1.807) is 11.3 Å². The van der Waals surface area contributed by atoms with Crippen molar-refractivity contribution in [3.8, 4) is 0 Å². The van der Waals surface area contributed by atoms with Gasteiger partial charge < -0.3 is 9.88 Å². The summed E-state index contributed by atoms with van der Waals surface area (Å²) in [5.41, 5.74) is 5.27. The van der Waals surface area contributed by atoms with Crippen LogP contribution in [-0.4, -0.2) is 9.55 Å². The van der Waals surface area contributed by atoms with Gasteiger partial charge in [-0.1, -0.05) is 32.0 Å². The molecule has 0 radical (unpaired) electrons. The number of benzene rings is 1. The van der Waals surface area contributed by atoms with Crippen LogP contribution in [0.2, 0.25) is 0 Å². The van der Waals surface area contributed by atoms with E-state index in [9.17, 15) is 0 Å². The van der Waals surface area contributed by atoms with E-state index in [2.05, 4.69) is 79.1 Å². The lowest BCUT2D eigenvalue weighted by Crippen LogP contribution is -2.19. The zero-order valence-corrected chi connectivity index (χ0v) is 16.1. The normalized spacial score (nSPS) is 13.1. The molecule has 0 spiro atoms. The van der Waals surface area contributed by atoms with E-state index in [1.807, 2.05) is 0 Å². The van der Waals surface area contributed by atoms with Gasteiger partial charge in [-0.05, 0) is 38.3 Å². The topological polar surface area (TPSA) is 29.9 Å². The fourth-order valence-electron chi connectivity index (χ4n) is 3.27. The van der Waals surface area contributed by atoms with Crippen molar-refractivity contribution in [3.05, 3.63) is 51.6 Å². The van der Waals surface area contributed by atoms with Crippen molar-refractivity contribution in [2.45, 2.75) is 53.8 Å². The highest BCUT2D eigenvalue weighted by Gasteiger charge is 2.16. The third-order valence-electron chi connectivity index (χ3n) is 4.57. The molecule has 0 saturated carbocycles. The van der Waals surface area contributed by atoms with Crippen molar-refractivity contribution in [1.29, 1.82) is 0 Å². The SMILES string of the molecule is Cc1nc(C(C)NCc2c(C)n(CC(C)C)c3ccccc23)cs1. The van der Waals surface area contributed by atoms with Crippen molar-refractivity contribution in [2.24, 2.45) is 5.92 Å². The third kappa shape index (κ3) is 3.40. The fourth-order valence-corrected chi connectivity index (χ4v) is 3.97. The summed E-state index contributed by atoms with van der Waals surface area (Å²) >= 11 is 1.72. The van der Waals surface area contributed by atoms with Crippen LogP contribution in [0.1, 0.15) is 48.8 Å². The molecule has 1 aromatic carbocycles. The Morgan fingerprint density at radius 2 is 1.92 bits per heavy atom. The lowest BCUT2D eigenvalue weighted by Gasteiger charge is -2.13. The molecule has 0 aliphatic rings. The first-order chi connectivity index (χ1) is 11.5. The Morgan fingerprint density at radius 1 is 1.17 bits per heavy atom. The molecule has 128 valence electrons. The van der Waals surface area contributed by atoms with Gasteiger partial charge in [-0.3, -0.25) is 0 Å². The van der Waals surface area contributed by atoms with Crippen molar-refractivity contribution < 1.29 is 0 Å². The molecule has 3 nitrogen and oxygen atoms in total. The second-order valence-corrected chi connectivity index (χ2v) is 8.04. The maximum atomic E-state index is 4.60. The molecule has 0 aliphatic heterocycles. The first-order valence-electron chi connectivity index (χ1n) is 8.69. The molecule has 0 bridgehead atoms. The summed E-state index contributed by atoms with van der Waals surface area (Å²) in [7, 11) is 0. The predicted molar refractivity (Wildman–Crippen MR) is 104 cm³/mol. The zero-order valence-electron chi connectivity index (χ0n) is 15.3. The van der Waals surface area contributed by atoms with Crippen LogP contribution >= 0.6 is 11.3 Å². The molecule has 4 heteroatoms. The second kappa shape index (κ2) is 7.08. The molecule has 0 aliphatic carbocycles. The molecule has 0 amide bonds. The Bertz CT molecular complexity index is 829. The Labute approximate surface area is 148 Å². The van der Waals surface area contributed by atoms with E-state index < -0.39 is 0 Å². The highest BCUT2D eigenvalue weighted by Crippen LogP contribution is 2.27. The third-order valence-corrected chi connectivity index (χ3v) is 5.37. The van der Waals surface area contributed by atoms with Gasteiger partial charge in [0.15, 0.2) is 0 Å². The summed E-state index contributed by atoms with van der Waals surface area (Å²) in [4.78, 5) is 4.60. The number of aryl methyl sites for hydroxylation is 1. The average Bonchev–Trinajstić information content (AvgIpc) is 3.09. The monoisotopic (exact) mass is 341 g/mol. The van der Waals surface area contributed by atoms with Gasteiger partial charge in [0, 0.05) is 41.1 Å². The van der Waals surface area contributed by atoms with Gasteiger partial charge in [-0.25, -0.2) is 4.98 Å². The number of para-hydroxylation sites is 1. The summed E-state index contributed by atoms with van der Waals surface area (Å²) in [6.07, 6.45) is 0. The van der Waals surface area contributed by atoms with Crippen LogP contribution < -0.4 is 5.32 Å². The predicted octanol–water partition coefficient (Wildman–Crippen LogP) is 5.22. The van der Waals surface area contributed by atoms with Crippen LogP contribution in [-0.2, 0) is 13.1 Å². The van der Waals surface area contributed by atoms with Gasteiger partial charge in [0.2, 0.25) is 0 Å². The van der Waals surface area contributed by atoms with Crippen LogP contribution in [0.15, 0.2) is 29.6 Å². The maximum absolute atomic E-state index is 4.60. The molecule has 1 unspecified atom stereocenters. The fraction of sp³-hybridized carbons (Fsp3) is 0.450. The van der Waals surface area contributed by atoms with Crippen LogP contribution in [0.25, 0.3) is 10.9 Å². The number of hydrogen-bond donors (Lipinski definition) is 1. The molecule has 1 atom stereocenters. The Kier molecular flexibility index (Phi) is 5.07. The first kappa shape index (κ1) is 17.2. The summed E-state index contributed by atoms with van der Waals surface area (Å²) in [5, 5.41) is 8.31. The van der Waals surface area contributed by atoms with E-state index in [0.29, 0.717) is 5.92 Å². The number of hydrogen-bond acceptors (Lipinski definition) is 3. The van der Waals surface area contributed by atoms with E-state index >= 15 is 0 Å². The Morgan fingerprint density at radius 3 is 2.58 bits per heavy atom. The Hall–Kier alpha value is -1.65. The molecule has 2 heterocycles. The minimum Gasteiger partial charge on any atom is -0.344 e. The van der Waals surface area contributed by atoms with Gasteiger partial charge in [0.25, 0.3) is 0 Å². The lowest BCUT2D eigenvalue weighted by atomic mass is 10.1. The molecule has 24 heavy (non-hydrogen) atoms. The van der Waals surface area contributed by atoms with Crippen LogP contribution in [0.4, 0.5) is 0 Å². The van der Waals surface area contributed by atoms with Crippen molar-refractivity contribution in [1.82, 2.24) is 14.9 Å². The molecule has 0 saturated heterocycles. The second-order valence-electron chi connectivity index (χ2n) is 6.98. The summed E-state index contributed by atoms with van der Waals surface area (Å²) in [6, 6.07) is 9.02. The quantitative estimate of drug-likeness (QED) is 0.666. The maximum Gasteiger partial charge on any atom is 0.0898 e. The standard InChI is InChI=1S/C20H27N3S/c1-13(2)11-23-15(4)18(17-8-6-7-9-20(17)23)10-21-14(3)19-12-24-16(5)22-19/h6-9,12-14,21H,10-11H2,1-5H3. The number of fused-ring (bicyclic) bond motifs is 1. The van der Waals surface area contributed by atoms with Gasteiger partial charge in [0.05, 0.1) is 10.7 Å². The van der Waals surface area contributed by atoms with Gasteiger partial charge in [0.1, 0.15) is 0 Å². The van der Waals surface area contributed by atoms with Crippen molar-refractivity contribution in [3.63, 3.8) is 0 Å². The molecule has 2 aromatic heterocycles. The summed E-state index contributed by atoms with van der Waals surface area (Å²) < 4.78 is 2.47. The van der Waals surface area contributed by atoms with Gasteiger partial charge in [-0.15, -0.1) is 11.3 Å². The highest BCUT2D eigenvalue weighted by molar-refractivity contribution is 7.09. The molecule has 3 aromatic rings. The highest BCUT2D eigenvalue weighted by atomic mass is 32.1.